The highest BCUT2D eigenvalue weighted by atomic mass is 32.2. The van der Waals surface area contributed by atoms with Gasteiger partial charge >= 0.3 is 0 Å². The van der Waals surface area contributed by atoms with Crippen molar-refractivity contribution in [2.24, 2.45) is 5.41 Å². The molecule has 10 heteroatoms. The molecular weight excluding hydrogens is 651 g/mol. The maximum atomic E-state index is 14.1. The van der Waals surface area contributed by atoms with Crippen LogP contribution in [0.1, 0.15) is 90.4 Å². The number of sulfonamides is 1. The molecule has 1 aromatic carbocycles. The van der Waals surface area contributed by atoms with E-state index in [9.17, 15) is 23.4 Å². The molecular formula is C37H43NO6S3. The topological polar surface area (TPSA) is 108 Å². The number of thiophene rings is 2. The van der Waals surface area contributed by atoms with Crippen LogP contribution in [0.5, 0.6) is 0 Å². The zero-order valence-electron chi connectivity index (χ0n) is 26.9. The van der Waals surface area contributed by atoms with Gasteiger partial charge in [0.25, 0.3) is 10.0 Å². The molecule has 0 radical (unpaired) electrons. The highest BCUT2D eigenvalue weighted by molar-refractivity contribution is 7.91. The predicted octanol–water partition coefficient (Wildman–Crippen LogP) is 7.61. The van der Waals surface area contributed by atoms with Crippen molar-refractivity contribution in [1.29, 1.82) is 0 Å². The molecule has 0 aliphatic heterocycles. The standard InChI is InChI=1S/C37H43NO6S3/c1-26-7-3-17-36(2)32(30-14-12-27(23-28(39)13-11-26)24-31(30)35(40)33-9-4-20-44-33)15-18-37(36,41)25-38(19-16-29-8-5-21-45-29)47(42,43)34-10-6-22-46-34/h4-10,12,14,20-22,24,28,32,39,41H,3,11,13,15-19,23,25H2,1-2H3/t28-,32-,36-,37+/m0/s1. The van der Waals surface area contributed by atoms with Gasteiger partial charge in [0.2, 0.25) is 5.78 Å². The molecule has 2 bridgehead atoms. The number of fused-ring (bicyclic) bond motifs is 8. The van der Waals surface area contributed by atoms with Crippen molar-refractivity contribution in [1.82, 2.24) is 4.31 Å². The van der Waals surface area contributed by atoms with Gasteiger partial charge in [-0.1, -0.05) is 42.8 Å². The molecule has 3 aromatic heterocycles. The Labute approximate surface area is 285 Å². The second-order valence-corrected chi connectivity index (χ2v) is 17.5. The smallest absolute Gasteiger partial charge is 0.252 e. The summed E-state index contributed by atoms with van der Waals surface area (Å²) in [4.78, 5) is 15.0. The van der Waals surface area contributed by atoms with E-state index in [0.717, 1.165) is 22.4 Å². The molecule has 1 saturated carbocycles. The Morgan fingerprint density at radius 1 is 1.06 bits per heavy atom. The van der Waals surface area contributed by atoms with E-state index in [0.29, 0.717) is 50.5 Å². The lowest BCUT2D eigenvalue weighted by atomic mass is 9.65. The molecule has 2 N–H and O–H groups in total. The fourth-order valence-electron chi connectivity index (χ4n) is 7.54. The quantitative estimate of drug-likeness (QED) is 0.138. The lowest BCUT2D eigenvalue weighted by Crippen LogP contribution is -2.54. The summed E-state index contributed by atoms with van der Waals surface area (Å²) in [7, 11) is -3.87. The maximum absolute atomic E-state index is 14.1. The number of aliphatic hydroxyl groups is 2. The Balaban J connectivity index is 1.43. The van der Waals surface area contributed by atoms with Crippen molar-refractivity contribution in [2.45, 2.75) is 87.0 Å². The first-order valence-electron chi connectivity index (χ1n) is 16.3. The normalized spacial score (nSPS) is 25.4. The molecule has 3 aliphatic rings. The third-order valence-electron chi connectivity index (χ3n) is 10.4. The largest absolute Gasteiger partial charge is 0.461 e. The maximum Gasteiger partial charge on any atom is 0.252 e. The molecule has 4 aromatic rings. The minimum Gasteiger partial charge on any atom is -0.461 e. The van der Waals surface area contributed by atoms with Crippen LogP contribution in [0.3, 0.4) is 0 Å². The van der Waals surface area contributed by atoms with Gasteiger partial charge in [-0.2, -0.15) is 4.31 Å². The average molecular weight is 694 g/mol. The summed E-state index contributed by atoms with van der Waals surface area (Å²) in [5.74, 6) is -0.221. The molecule has 3 heterocycles. The lowest BCUT2D eigenvalue weighted by molar-refractivity contribution is -0.0722. The van der Waals surface area contributed by atoms with Crippen molar-refractivity contribution >= 4 is 38.5 Å². The third kappa shape index (κ3) is 7.00. The summed E-state index contributed by atoms with van der Waals surface area (Å²) >= 11 is 2.78. The Morgan fingerprint density at radius 3 is 2.60 bits per heavy atom. The lowest BCUT2D eigenvalue weighted by Gasteiger charge is -2.46. The predicted molar refractivity (Wildman–Crippen MR) is 187 cm³/mol. The molecule has 3 aliphatic carbocycles. The van der Waals surface area contributed by atoms with Gasteiger partial charge in [-0.15, -0.1) is 22.7 Å². The number of aliphatic hydroxyl groups excluding tert-OH is 1. The van der Waals surface area contributed by atoms with E-state index in [4.69, 9.17) is 4.42 Å². The highest BCUT2D eigenvalue weighted by Gasteiger charge is 2.58. The first kappa shape index (κ1) is 34.0. The van der Waals surface area contributed by atoms with Gasteiger partial charge in [0.15, 0.2) is 5.76 Å². The summed E-state index contributed by atoms with van der Waals surface area (Å²) in [6.07, 6.45) is 7.73. The van der Waals surface area contributed by atoms with Crippen LogP contribution in [0.25, 0.3) is 0 Å². The summed E-state index contributed by atoms with van der Waals surface area (Å²) in [6.45, 7) is 4.36. The van der Waals surface area contributed by atoms with Crippen LogP contribution in [0.4, 0.5) is 0 Å². The summed E-state index contributed by atoms with van der Waals surface area (Å²) in [5, 5.41) is 27.4. The van der Waals surface area contributed by atoms with Gasteiger partial charge in [-0.25, -0.2) is 8.42 Å². The number of carbonyl (C=O) groups excluding carboxylic acids is 1. The zero-order valence-corrected chi connectivity index (χ0v) is 29.4. The number of hydrogen-bond donors (Lipinski definition) is 2. The summed E-state index contributed by atoms with van der Waals surface area (Å²) in [5.41, 5.74) is 1.26. The fourth-order valence-corrected chi connectivity index (χ4v) is 10.9. The van der Waals surface area contributed by atoms with Crippen LogP contribution in [0, 0.1) is 5.41 Å². The zero-order chi connectivity index (χ0) is 33.2. The number of ketones is 1. The van der Waals surface area contributed by atoms with Crippen LogP contribution in [0.15, 0.2) is 91.9 Å². The molecule has 0 amide bonds. The minimum absolute atomic E-state index is 0.0416. The van der Waals surface area contributed by atoms with Crippen LogP contribution in [-0.2, 0) is 22.9 Å². The Hall–Kier alpha value is -2.86. The van der Waals surface area contributed by atoms with Crippen molar-refractivity contribution in [3.05, 3.63) is 111 Å². The van der Waals surface area contributed by atoms with E-state index in [2.05, 4.69) is 19.9 Å². The Kier molecular flexibility index (Phi) is 10.1. The highest BCUT2D eigenvalue weighted by Crippen LogP contribution is 2.59. The van der Waals surface area contributed by atoms with Gasteiger partial charge in [0.05, 0.1) is 18.0 Å². The number of carbonyl (C=O) groups is 1. The van der Waals surface area contributed by atoms with Gasteiger partial charge in [0, 0.05) is 28.9 Å². The van der Waals surface area contributed by atoms with E-state index in [1.165, 1.54) is 27.5 Å². The van der Waals surface area contributed by atoms with Crippen LogP contribution < -0.4 is 0 Å². The van der Waals surface area contributed by atoms with Gasteiger partial charge in [-0.3, -0.25) is 4.79 Å². The van der Waals surface area contributed by atoms with Crippen molar-refractivity contribution in [2.75, 3.05) is 13.1 Å². The molecule has 7 rings (SSSR count). The van der Waals surface area contributed by atoms with Crippen molar-refractivity contribution in [3.63, 3.8) is 0 Å². The molecule has 4 atom stereocenters. The van der Waals surface area contributed by atoms with Crippen LogP contribution in [-0.4, -0.2) is 53.5 Å². The third-order valence-corrected chi connectivity index (χ3v) is 14.5. The van der Waals surface area contributed by atoms with E-state index in [1.54, 1.807) is 41.0 Å². The van der Waals surface area contributed by atoms with E-state index in [1.807, 2.05) is 35.7 Å². The number of allylic oxidation sites excluding steroid dienone is 2. The number of rotatable bonds is 9. The van der Waals surface area contributed by atoms with Crippen LogP contribution in [0.2, 0.25) is 0 Å². The van der Waals surface area contributed by atoms with E-state index >= 15 is 0 Å². The number of benzene rings is 1. The first-order valence-corrected chi connectivity index (χ1v) is 19.5. The molecule has 0 saturated heterocycles. The second-order valence-electron chi connectivity index (χ2n) is 13.4. The number of hydrogen-bond acceptors (Lipinski definition) is 8. The molecule has 1 fully saturated rings. The number of nitrogens with zero attached hydrogens (tertiary/aromatic N) is 1. The molecule has 47 heavy (non-hydrogen) atoms. The van der Waals surface area contributed by atoms with Gasteiger partial charge < -0.3 is 14.6 Å². The van der Waals surface area contributed by atoms with E-state index in [-0.39, 0.29) is 34.8 Å². The SMILES string of the molecule is CC1=CCC[C@@]2(C)[C@@H](CC[C@@]2(O)CN(CCc2cccs2)S(=O)(=O)c2cccs2)c2ccc(cc2C(=O)c2ccco2)C[C@@H](O)CC1. The first-order chi connectivity index (χ1) is 22.5. The Morgan fingerprint density at radius 2 is 1.87 bits per heavy atom. The van der Waals surface area contributed by atoms with Crippen molar-refractivity contribution in [3.8, 4) is 0 Å². The average Bonchev–Trinajstić information content (AvgIpc) is 3.87. The second kappa shape index (κ2) is 13.9. The summed E-state index contributed by atoms with van der Waals surface area (Å²) < 4.78 is 35.5. The number of furan rings is 1. The summed E-state index contributed by atoms with van der Waals surface area (Å²) in [6, 6.07) is 16.5. The minimum atomic E-state index is -3.87. The van der Waals surface area contributed by atoms with Crippen molar-refractivity contribution < 1.29 is 27.8 Å². The van der Waals surface area contributed by atoms with Gasteiger partial charge in [0.1, 0.15) is 4.21 Å². The molecule has 0 unspecified atom stereocenters. The monoisotopic (exact) mass is 693 g/mol. The Bertz CT molecular complexity index is 1800. The van der Waals surface area contributed by atoms with E-state index < -0.39 is 27.1 Å². The molecule has 0 spiro atoms. The molecule has 7 nitrogen and oxygen atoms in total. The van der Waals surface area contributed by atoms with Gasteiger partial charge in [-0.05, 0) is 116 Å². The van der Waals surface area contributed by atoms with Crippen LogP contribution >= 0.6 is 22.7 Å². The fraction of sp³-hybridized carbons (Fsp3) is 0.432. The molecule has 250 valence electrons.